The van der Waals surface area contributed by atoms with Gasteiger partial charge in [-0.15, -0.1) is 23.7 Å². The molecule has 1 saturated carbocycles. The molecule has 4 rings (SSSR count). The number of imidazole rings is 1. The molecule has 1 aliphatic rings. The summed E-state index contributed by atoms with van der Waals surface area (Å²) >= 11 is 1.61. The summed E-state index contributed by atoms with van der Waals surface area (Å²) < 4.78 is 2.01. The van der Waals surface area contributed by atoms with Gasteiger partial charge in [0, 0.05) is 29.0 Å². The van der Waals surface area contributed by atoms with Crippen molar-refractivity contribution >= 4 is 40.3 Å². The second-order valence-corrected chi connectivity index (χ2v) is 6.99. The number of carbonyl (C=O) groups excluding carboxylic acids is 1. The Bertz CT molecular complexity index is 820. The predicted octanol–water partition coefficient (Wildman–Crippen LogP) is 3.69. The van der Waals surface area contributed by atoms with Crippen molar-refractivity contribution in [3.63, 3.8) is 0 Å². The first-order valence-corrected chi connectivity index (χ1v) is 8.65. The van der Waals surface area contributed by atoms with E-state index in [1.807, 2.05) is 46.4 Å². The van der Waals surface area contributed by atoms with E-state index in [2.05, 4.69) is 10.3 Å². The third-order valence-electron chi connectivity index (χ3n) is 4.48. The molecule has 24 heavy (non-hydrogen) atoms. The molecule has 0 aliphatic heterocycles. The number of carbonyl (C=O) groups is 1. The standard InChI is InChI=1S/C17H18N4OS.ClH/c18-17(7-1-2-8-17)15(22)19-13-5-3-12(4-6-13)14-11-21-9-10-23-16(21)20-14;/h3-6,9-11H,1-2,7-8,18H2,(H,19,22);1H. The van der Waals surface area contributed by atoms with Gasteiger partial charge in [0.2, 0.25) is 5.91 Å². The first-order valence-electron chi connectivity index (χ1n) is 7.77. The zero-order valence-corrected chi connectivity index (χ0v) is 14.7. The summed E-state index contributed by atoms with van der Waals surface area (Å²) in [5.74, 6) is -0.0785. The van der Waals surface area contributed by atoms with Crippen molar-refractivity contribution in [2.75, 3.05) is 5.32 Å². The molecule has 2 aromatic heterocycles. The molecule has 0 spiro atoms. The number of rotatable bonds is 3. The van der Waals surface area contributed by atoms with Crippen molar-refractivity contribution in [1.29, 1.82) is 0 Å². The van der Waals surface area contributed by atoms with E-state index in [0.29, 0.717) is 0 Å². The van der Waals surface area contributed by atoms with Crippen LogP contribution in [0.1, 0.15) is 25.7 Å². The van der Waals surface area contributed by atoms with Crippen LogP contribution in [0.25, 0.3) is 16.2 Å². The van der Waals surface area contributed by atoms with Crippen LogP contribution in [0.2, 0.25) is 0 Å². The highest BCUT2D eigenvalue weighted by molar-refractivity contribution is 7.15. The van der Waals surface area contributed by atoms with Gasteiger partial charge in [-0.25, -0.2) is 4.98 Å². The van der Waals surface area contributed by atoms with Crippen LogP contribution >= 0.6 is 23.7 Å². The smallest absolute Gasteiger partial charge is 0.244 e. The molecule has 1 fully saturated rings. The normalized spacial score (nSPS) is 16.0. The van der Waals surface area contributed by atoms with Crippen molar-refractivity contribution in [3.8, 4) is 11.3 Å². The molecule has 0 radical (unpaired) electrons. The van der Waals surface area contributed by atoms with Crippen molar-refractivity contribution in [1.82, 2.24) is 9.38 Å². The quantitative estimate of drug-likeness (QED) is 0.746. The molecule has 3 aromatic rings. The van der Waals surface area contributed by atoms with Crippen LogP contribution in [0, 0.1) is 0 Å². The minimum atomic E-state index is -0.701. The Kier molecular flexibility index (Phi) is 4.62. The van der Waals surface area contributed by atoms with E-state index in [1.54, 1.807) is 11.3 Å². The molecule has 1 amide bonds. The van der Waals surface area contributed by atoms with Gasteiger partial charge in [0.15, 0.2) is 4.96 Å². The van der Waals surface area contributed by atoms with Gasteiger partial charge in [-0.2, -0.15) is 0 Å². The summed E-state index contributed by atoms with van der Waals surface area (Å²) in [6.45, 7) is 0. The van der Waals surface area contributed by atoms with Gasteiger partial charge in [-0.3, -0.25) is 9.20 Å². The lowest BCUT2D eigenvalue weighted by atomic mass is 9.98. The average Bonchev–Trinajstić information content (AvgIpc) is 3.24. The first kappa shape index (κ1) is 17.0. The third kappa shape index (κ3) is 3.05. The Morgan fingerprint density at radius 2 is 1.96 bits per heavy atom. The number of nitrogens with two attached hydrogens (primary N) is 1. The highest BCUT2D eigenvalue weighted by Crippen LogP contribution is 2.29. The van der Waals surface area contributed by atoms with Crippen molar-refractivity contribution in [2.24, 2.45) is 5.73 Å². The van der Waals surface area contributed by atoms with Gasteiger partial charge in [0.1, 0.15) is 0 Å². The average molecular weight is 363 g/mol. The molecular weight excluding hydrogens is 344 g/mol. The minimum absolute atomic E-state index is 0. The minimum Gasteiger partial charge on any atom is -0.324 e. The molecule has 0 saturated heterocycles. The summed E-state index contributed by atoms with van der Waals surface area (Å²) in [5, 5.41) is 4.95. The lowest BCUT2D eigenvalue weighted by molar-refractivity contribution is -0.121. The molecule has 0 atom stereocenters. The number of aromatic nitrogens is 2. The molecule has 2 heterocycles. The molecule has 1 aromatic carbocycles. The maximum absolute atomic E-state index is 12.3. The van der Waals surface area contributed by atoms with Crippen LogP contribution in [0.15, 0.2) is 42.0 Å². The van der Waals surface area contributed by atoms with Gasteiger partial charge < -0.3 is 11.1 Å². The Morgan fingerprint density at radius 1 is 1.25 bits per heavy atom. The number of hydrogen-bond acceptors (Lipinski definition) is 4. The van der Waals surface area contributed by atoms with E-state index in [9.17, 15) is 4.79 Å². The second-order valence-electron chi connectivity index (χ2n) is 6.11. The number of hydrogen-bond donors (Lipinski definition) is 2. The van der Waals surface area contributed by atoms with Crippen LogP contribution in [-0.2, 0) is 4.79 Å². The van der Waals surface area contributed by atoms with E-state index in [1.165, 1.54) is 0 Å². The predicted molar refractivity (Wildman–Crippen MR) is 99.8 cm³/mol. The van der Waals surface area contributed by atoms with Crippen LogP contribution in [0.4, 0.5) is 5.69 Å². The molecular formula is C17H19ClN4OS. The van der Waals surface area contributed by atoms with Gasteiger partial charge >= 0.3 is 0 Å². The van der Waals surface area contributed by atoms with E-state index >= 15 is 0 Å². The zero-order chi connectivity index (χ0) is 15.9. The topological polar surface area (TPSA) is 72.4 Å². The lowest BCUT2D eigenvalue weighted by Gasteiger charge is -2.22. The molecule has 126 valence electrons. The van der Waals surface area contributed by atoms with Gasteiger partial charge in [0.25, 0.3) is 0 Å². The van der Waals surface area contributed by atoms with E-state index in [-0.39, 0.29) is 18.3 Å². The number of amides is 1. The Balaban J connectivity index is 0.00000169. The zero-order valence-electron chi connectivity index (χ0n) is 13.1. The van der Waals surface area contributed by atoms with Gasteiger partial charge in [-0.05, 0) is 25.0 Å². The maximum atomic E-state index is 12.3. The molecule has 7 heteroatoms. The second kappa shape index (κ2) is 6.55. The van der Waals surface area contributed by atoms with Gasteiger partial charge in [0.05, 0.1) is 11.2 Å². The van der Waals surface area contributed by atoms with Crippen LogP contribution < -0.4 is 11.1 Å². The molecule has 0 unspecified atom stereocenters. The fraction of sp³-hybridized carbons (Fsp3) is 0.294. The number of anilines is 1. The molecule has 3 N–H and O–H groups in total. The van der Waals surface area contributed by atoms with E-state index < -0.39 is 5.54 Å². The Labute approximate surface area is 150 Å². The van der Waals surface area contributed by atoms with Gasteiger partial charge in [-0.1, -0.05) is 25.0 Å². The van der Waals surface area contributed by atoms with E-state index in [4.69, 9.17) is 5.73 Å². The molecule has 0 bridgehead atoms. The maximum Gasteiger partial charge on any atom is 0.244 e. The molecule has 5 nitrogen and oxygen atoms in total. The number of fused-ring (bicyclic) bond motifs is 1. The summed E-state index contributed by atoms with van der Waals surface area (Å²) in [6.07, 6.45) is 7.59. The highest BCUT2D eigenvalue weighted by Gasteiger charge is 2.36. The number of benzene rings is 1. The fourth-order valence-corrected chi connectivity index (χ4v) is 3.78. The van der Waals surface area contributed by atoms with Crippen LogP contribution in [0.3, 0.4) is 0 Å². The largest absolute Gasteiger partial charge is 0.324 e. The fourth-order valence-electron chi connectivity index (χ4n) is 3.08. The summed E-state index contributed by atoms with van der Waals surface area (Å²) in [6, 6.07) is 7.75. The molecule has 1 aliphatic carbocycles. The number of thiazole rings is 1. The first-order chi connectivity index (χ1) is 11.1. The number of nitrogens with zero attached hydrogens (tertiary/aromatic N) is 2. The summed E-state index contributed by atoms with van der Waals surface area (Å²) in [5.41, 5.74) is 8.21. The number of nitrogens with one attached hydrogen (secondary N) is 1. The van der Waals surface area contributed by atoms with Crippen LogP contribution in [-0.4, -0.2) is 20.8 Å². The number of halogens is 1. The Hall–Kier alpha value is -1.89. The SMILES string of the molecule is Cl.NC1(C(=O)Nc2ccc(-c3cn4ccsc4n3)cc2)CCCC1. The summed E-state index contributed by atoms with van der Waals surface area (Å²) in [4.78, 5) is 17.9. The van der Waals surface area contributed by atoms with Crippen molar-refractivity contribution < 1.29 is 4.79 Å². The van der Waals surface area contributed by atoms with E-state index in [0.717, 1.165) is 47.6 Å². The van der Waals surface area contributed by atoms with Crippen molar-refractivity contribution in [3.05, 3.63) is 42.0 Å². The highest BCUT2D eigenvalue weighted by atomic mass is 35.5. The van der Waals surface area contributed by atoms with Crippen molar-refractivity contribution in [2.45, 2.75) is 31.2 Å². The third-order valence-corrected chi connectivity index (χ3v) is 5.25. The monoisotopic (exact) mass is 362 g/mol. The lowest BCUT2D eigenvalue weighted by Crippen LogP contribution is -2.48. The van der Waals surface area contributed by atoms with Crippen LogP contribution in [0.5, 0.6) is 0 Å². The summed E-state index contributed by atoms with van der Waals surface area (Å²) in [7, 11) is 0. The Morgan fingerprint density at radius 3 is 2.62 bits per heavy atom.